The second-order valence-electron chi connectivity index (χ2n) is 9.36. The Kier molecular flexibility index (Phi) is 13.0. The van der Waals surface area contributed by atoms with E-state index in [4.69, 9.17) is 28.9 Å². The molecule has 0 saturated heterocycles. The summed E-state index contributed by atoms with van der Waals surface area (Å²) in [5.74, 6) is -6.56. The number of H-pyrrole nitrogens is 2. The van der Waals surface area contributed by atoms with Crippen molar-refractivity contribution in [2.24, 2.45) is 0 Å². The number of fused-ring (bicyclic) bond motifs is 1. The van der Waals surface area contributed by atoms with E-state index in [0.29, 0.717) is 0 Å². The van der Waals surface area contributed by atoms with Gasteiger partial charge in [-0.1, -0.05) is 35.3 Å². The number of carbonyl (C=O) groups is 4. The van der Waals surface area contributed by atoms with E-state index >= 15 is 0 Å². The molecular formula is C30H26Cl2F2N6O10. The number of hydrogen-bond donors (Lipinski definition) is 4. The minimum atomic E-state index is -1.52. The zero-order valence-corrected chi connectivity index (χ0v) is 27.8. The minimum absolute atomic E-state index is 0.0363. The SMILES string of the molecule is COC(=O)C(C(=O)OC)c1c(F)cccc1Cl.COC(=O)c1cn[nH]c1N.COC(=O)c1cnn2c(O)c(-c3c(F)cccc3Cl)c(=O)[nH]c12. The smallest absolute Gasteiger partial charge is 0.343 e. The molecule has 0 atom stereocenters. The van der Waals surface area contributed by atoms with Crippen molar-refractivity contribution in [1.82, 2.24) is 24.8 Å². The first-order valence-corrected chi connectivity index (χ1v) is 14.3. The number of esters is 4. The summed E-state index contributed by atoms with van der Waals surface area (Å²) in [5.41, 5.74) is 3.72. The number of aromatic hydroxyl groups is 1. The van der Waals surface area contributed by atoms with Crippen molar-refractivity contribution < 1.29 is 52.0 Å². The maximum absolute atomic E-state index is 14.0. The summed E-state index contributed by atoms with van der Waals surface area (Å²) in [7, 11) is 4.63. The Bertz CT molecular complexity index is 2060. The number of benzene rings is 2. The molecule has 50 heavy (non-hydrogen) atoms. The standard InChI is InChI=1S/C14H9ClFN3O4.C11H10ClFO4.C5H7N3O2/c1-23-14(22)6-5-17-19-11(6)18-12(20)10(13(19)21)9-7(15)3-2-4-8(9)16;1-16-10(14)9(11(15)17-2)8-6(12)4-3-5-7(8)13;1-10-5(9)3-2-7-8-4(3)6/h2-5,21H,1H3,(H,18,20);3-5,9H,1-2H3;2H,1H3,(H3,6,7,8). The predicted octanol–water partition coefficient (Wildman–Crippen LogP) is 3.66. The first kappa shape index (κ1) is 38.4. The molecule has 0 saturated carbocycles. The number of nitrogens with two attached hydrogens (primary N) is 1. The number of ether oxygens (including phenoxy) is 4. The summed E-state index contributed by atoms with van der Waals surface area (Å²) in [5, 5.41) is 20.0. The molecule has 20 heteroatoms. The monoisotopic (exact) mass is 738 g/mol. The largest absolute Gasteiger partial charge is 0.493 e. The van der Waals surface area contributed by atoms with Crippen LogP contribution in [0.4, 0.5) is 14.6 Å². The van der Waals surface area contributed by atoms with Gasteiger partial charge in [-0.2, -0.15) is 14.7 Å². The molecule has 16 nitrogen and oxygen atoms in total. The molecule has 0 fully saturated rings. The molecule has 0 unspecified atom stereocenters. The van der Waals surface area contributed by atoms with Crippen LogP contribution in [0.5, 0.6) is 5.88 Å². The van der Waals surface area contributed by atoms with Crippen LogP contribution in [0.25, 0.3) is 16.8 Å². The van der Waals surface area contributed by atoms with E-state index < -0.39 is 52.9 Å². The molecule has 2 aromatic carbocycles. The van der Waals surface area contributed by atoms with Gasteiger partial charge in [-0.25, -0.2) is 18.4 Å². The number of nitrogen functional groups attached to an aromatic ring is 1. The summed E-state index contributed by atoms with van der Waals surface area (Å²) in [6, 6.07) is 7.69. The first-order chi connectivity index (χ1) is 23.7. The zero-order valence-electron chi connectivity index (χ0n) is 26.2. The number of carbonyl (C=O) groups excluding carboxylic acids is 4. The van der Waals surface area contributed by atoms with E-state index in [1.807, 2.05) is 0 Å². The van der Waals surface area contributed by atoms with E-state index in [0.717, 1.165) is 44.2 Å². The van der Waals surface area contributed by atoms with Crippen LogP contribution in [0.1, 0.15) is 32.2 Å². The molecule has 0 spiro atoms. The fraction of sp³-hybridized carbons (Fsp3) is 0.167. The number of hydrogen-bond acceptors (Lipinski definition) is 13. The third kappa shape index (κ3) is 8.16. The lowest BCUT2D eigenvalue weighted by atomic mass is 9.98. The van der Waals surface area contributed by atoms with Crippen LogP contribution in [0.15, 0.2) is 53.6 Å². The first-order valence-electron chi connectivity index (χ1n) is 13.6. The van der Waals surface area contributed by atoms with Gasteiger partial charge in [0.2, 0.25) is 5.88 Å². The van der Waals surface area contributed by atoms with Crippen LogP contribution in [0.3, 0.4) is 0 Å². The highest BCUT2D eigenvalue weighted by Gasteiger charge is 2.34. The van der Waals surface area contributed by atoms with E-state index in [1.165, 1.54) is 37.6 Å². The summed E-state index contributed by atoms with van der Waals surface area (Å²) < 4.78 is 46.3. The number of aromatic amines is 2. The Balaban J connectivity index is 0.000000220. The maximum atomic E-state index is 14.0. The normalized spacial score (nSPS) is 10.3. The molecule has 3 aromatic heterocycles. The van der Waals surface area contributed by atoms with E-state index in [1.54, 1.807) is 0 Å². The Morgan fingerprint density at radius 3 is 1.90 bits per heavy atom. The highest BCUT2D eigenvalue weighted by atomic mass is 35.5. The lowest BCUT2D eigenvalue weighted by Crippen LogP contribution is -2.25. The van der Waals surface area contributed by atoms with E-state index in [9.17, 15) is 37.9 Å². The van der Waals surface area contributed by atoms with Gasteiger partial charge in [0.25, 0.3) is 5.56 Å². The number of rotatable bonds is 6. The van der Waals surface area contributed by atoms with Crippen molar-refractivity contribution in [3.63, 3.8) is 0 Å². The lowest BCUT2D eigenvalue weighted by molar-refractivity contribution is -0.154. The highest BCUT2D eigenvalue weighted by Crippen LogP contribution is 2.34. The summed E-state index contributed by atoms with van der Waals surface area (Å²) in [6.45, 7) is 0. The Hall–Kier alpha value is -6.01. The van der Waals surface area contributed by atoms with Crippen molar-refractivity contribution in [2.75, 3.05) is 34.2 Å². The Morgan fingerprint density at radius 1 is 0.840 bits per heavy atom. The Morgan fingerprint density at radius 2 is 1.40 bits per heavy atom. The summed E-state index contributed by atoms with van der Waals surface area (Å²) in [6.07, 6.45) is 2.44. The van der Waals surface area contributed by atoms with Gasteiger partial charge in [0.1, 0.15) is 34.1 Å². The van der Waals surface area contributed by atoms with Gasteiger partial charge in [0.15, 0.2) is 11.6 Å². The molecule has 0 aliphatic rings. The molecule has 0 aliphatic heterocycles. The van der Waals surface area contributed by atoms with Crippen LogP contribution < -0.4 is 11.3 Å². The third-order valence-corrected chi connectivity index (χ3v) is 7.15. The molecule has 5 rings (SSSR count). The number of anilines is 1. The van der Waals surface area contributed by atoms with Gasteiger partial charge < -0.3 is 34.8 Å². The molecule has 5 aromatic rings. The van der Waals surface area contributed by atoms with E-state index in [2.05, 4.69) is 39.2 Å². The second-order valence-corrected chi connectivity index (χ2v) is 10.2. The van der Waals surface area contributed by atoms with Crippen LogP contribution in [0, 0.1) is 11.6 Å². The quantitative estimate of drug-likeness (QED) is 0.111. The van der Waals surface area contributed by atoms with Gasteiger partial charge >= 0.3 is 23.9 Å². The van der Waals surface area contributed by atoms with Crippen LogP contribution >= 0.6 is 23.2 Å². The minimum Gasteiger partial charge on any atom is -0.493 e. The number of halogens is 4. The summed E-state index contributed by atoms with van der Waals surface area (Å²) >= 11 is 11.7. The summed E-state index contributed by atoms with van der Waals surface area (Å²) in [4.78, 5) is 59.9. The van der Waals surface area contributed by atoms with Gasteiger partial charge in [0.05, 0.1) is 45.9 Å². The molecular weight excluding hydrogens is 713 g/mol. The predicted molar refractivity (Wildman–Crippen MR) is 172 cm³/mol. The lowest BCUT2D eigenvalue weighted by Gasteiger charge is -2.14. The van der Waals surface area contributed by atoms with E-state index in [-0.39, 0.29) is 49.3 Å². The van der Waals surface area contributed by atoms with Crippen molar-refractivity contribution in [1.29, 1.82) is 0 Å². The van der Waals surface area contributed by atoms with Gasteiger partial charge in [0, 0.05) is 16.1 Å². The van der Waals surface area contributed by atoms with Crippen molar-refractivity contribution in [2.45, 2.75) is 5.92 Å². The van der Waals surface area contributed by atoms with Crippen molar-refractivity contribution >= 4 is 58.5 Å². The molecule has 264 valence electrons. The molecule has 0 aliphatic carbocycles. The highest BCUT2D eigenvalue weighted by molar-refractivity contribution is 6.33. The second kappa shape index (κ2) is 16.9. The maximum Gasteiger partial charge on any atom is 0.343 e. The zero-order chi connectivity index (χ0) is 37.3. The number of nitrogens with one attached hydrogen (secondary N) is 2. The molecule has 0 amide bonds. The number of aromatic nitrogens is 5. The van der Waals surface area contributed by atoms with Crippen LogP contribution in [-0.4, -0.2) is 82.2 Å². The fourth-order valence-electron chi connectivity index (χ4n) is 4.15. The van der Waals surface area contributed by atoms with Crippen molar-refractivity contribution in [3.05, 3.63) is 97.5 Å². The molecule has 5 N–H and O–H groups in total. The van der Waals surface area contributed by atoms with Gasteiger partial charge in [-0.05, 0) is 24.3 Å². The van der Waals surface area contributed by atoms with Crippen LogP contribution in [0.2, 0.25) is 10.0 Å². The fourth-order valence-corrected chi connectivity index (χ4v) is 4.68. The van der Waals surface area contributed by atoms with Gasteiger partial charge in [-0.15, -0.1) is 0 Å². The van der Waals surface area contributed by atoms with Crippen LogP contribution in [-0.2, 0) is 28.5 Å². The third-order valence-electron chi connectivity index (χ3n) is 6.51. The number of methoxy groups -OCH3 is 4. The topological polar surface area (TPSA) is 230 Å². The molecule has 0 radical (unpaired) electrons. The molecule has 0 bridgehead atoms. The Labute approximate surface area is 289 Å². The number of nitrogens with zero attached hydrogens (tertiary/aromatic N) is 3. The average Bonchev–Trinajstić information content (AvgIpc) is 3.73. The van der Waals surface area contributed by atoms with Gasteiger partial charge in [-0.3, -0.25) is 19.5 Å². The average molecular weight is 739 g/mol. The van der Waals surface area contributed by atoms with Crippen molar-refractivity contribution in [3.8, 4) is 17.0 Å². The molecule has 3 heterocycles.